The molecule has 1 N–H and O–H groups in total. The fraction of sp³-hybridized carbons (Fsp3) is 0.619. The number of aliphatic hydroxyl groups is 1. The molecule has 0 aliphatic carbocycles. The van der Waals surface area contributed by atoms with E-state index in [9.17, 15) is 5.11 Å². The van der Waals surface area contributed by atoms with Crippen molar-refractivity contribution in [1.82, 2.24) is 9.80 Å². The van der Waals surface area contributed by atoms with Crippen LogP contribution in [0, 0.1) is 5.92 Å². The summed E-state index contributed by atoms with van der Waals surface area (Å²) in [5, 5.41) is 9.46. The predicted octanol–water partition coefficient (Wildman–Crippen LogP) is 3.17. The van der Waals surface area contributed by atoms with Crippen molar-refractivity contribution in [3.05, 3.63) is 42.5 Å². The van der Waals surface area contributed by atoms with Crippen molar-refractivity contribution in [2.75, 3.05) is 39.4 Å². The third-order valence-electron chi connectivity index (χ3n) is 4.87. The molecule has 0 saturated carbocycles. The highest BCUT2D eigenvalue weighted by Gasteiger charge is 2.26. The maximum atomic E-state index is 9.46. The number of ether oxygens (including phenoxy) is 1. The van der Waals surface area contributed by atoms with Crippen molar-refractivity contribution in [3.8, 4) is 5.75 Å². The van der Waals surface area contributed by atoms with E-state index in [2.05, 4.69) is 42.4 Å². The van der Waals surface area contributed by atoms with Crippen molar-refractivity contribution < 1.29 is 9.84 Å². The smallest absolute Gasteiger partial charge is 0.124 e. The van der Waals surface area contributed by atoms with Gasteiger partial charge in [-0.2, -0.15) is 0 Å². The Morgan fingerprint density at radius 3 is 2.84 bits per heavy atom. The van der Waals surface area contributed by atoms with E-state index in [-0.39, 0.29) is 6.61 Å². The Hall–Kier alpha value is -1.36. The fourth-order valence-electron chi connectivity index (χ4n) is 3.41. The topological polar surface area (TPSA) is 35.9 Å². The van der Waals surface area contributed by atoms with Gasteiger partial charge in [0.1, 0.15) is 12.4 Å². The minimum Gasteiger partial charge on any atom is -0.489 e. The van der Waals surface area contributed by atoms with Crippen molar-refractivity contribution in [2.24, 2.45) is 5.92 Å². The van der Waals surface area contributed by atoms with E-state index in [1.165, 1.54) is 12.0 Å². The summed E-state index contributed by atoms with van der Waals surface area (Å²) in [4.78, 5) is 5.05. The second-order valence-corrected chi connectivity index (χ2v) is 7.33. The van der Waals surface area contributed by atoms with Crippen molar-refractivity contribution in [1.29, 1.82) is 0 Å². The summed E-state index contributed by atoms with van der Waals surface area (Å²) >= 11 is 0. The van der Waals surface area contributed by atoms with Crippen LogP contribution in [0.25, 0.3) is 0 Å². The summed E-state index contributed by atoms with van der Waals surface area (Å²) in [7, 11) is 0. The quantitative estimate of drug-likeness (QED) is 0.660. The first-order valence-corrected chi connectivity index (χ1v) is 9.53. The van der Waals surface area contributed by atoms with Crippen LogP contribution in [0.4, 0.5) is 0 Å². The molecule has 0 radical (unpaired) electrons. The summed E-state index contributed by atoms with van der Waals surface area (Å²) in [6, 6.07) is 8.70. The third kappa shape index (κ3) is 6.46. The Morgan fingerprint density at radius 2 is 2.12 bits per heavy atom. The van der Waals surface area contributed by atoms with Crippen LogP contribution in [-0.2, 0) is 6.54 Å². The molecular weight excluding hydrogens is 312 g/mol. The number of hydrogen-bond acceptors (Lipinski definition) is 4. The van der Waals surface area contributed by atoms with Gasteiger partial charge < -0.3 is 9.84 Å². The summed E-state index contributed by atoms with van der Waals surface area (Å²) in [6.07, 6.45) is 3.85. The van der Waals surface area contributed by atoms with Gasteiger partial charge in [0.15, 0.2) is 0 Å². The molecule has 1 saturated heterocycles. The highest BCUT2D eigenvalue weighted by Crippen LogP contribution is 2.22. The molecule has 1 aliphatic heterocycles. The van der Waals surface area contributed by atoms with Crippen LogP contribution in [0.3, 0.4) is 0 Å². The average Bonchev–Trinajstić information content (AvgIpc) is 2.60. The monoisotopic (exact) mass is 346 g/mol. The summed E-state index contributed by atoms with van der Waals surface area (Å²) < 4.78 is 5.79. The lowest BCUT2D eigenvalue weighted by molar-refractivity contribution is 0.0520. The first-order valence-electron chi connectivity index (χ1n) is 9.53. The third-order valence-corrected chi connectivity index (χ3v) is 4.87. The van der Waals surface area contributed by atoms with Gasteiger partial charge in [0, 0.05) is 44.4 Å². The molecule has 0 spiro atoms. The van der Waals surface area contributed by atoms with E-state index in [1.807, 2.05) is 12.1 Å². The molecule has 25 heavy (non-hydrogen) atoms. The van der Waals surface area contributed by atoms with Gasteiger partial charge in [0.25, 0.3) is 0 Å². The zero-order valence-electron chi connectivity index (χ0n) is 15.9. The first kappa shape index (κ1) is 20.0. The summed E-state index contributed by atoms with van der Waals surface area (Å²) in [5.41, 5.74) is 1.22. The number of benzene rings is 1. The molecule has 0 bridgehead atoms. The lowest BCUT2D eigenvalue weighted by Crippen LogP contribution is -2.53. The van der Waals surface area contributed by atoms with Crippen LogP contribution in [0.2, 0.25) is 0 Å². The Morgan fingerprint density at radius 1 is 1.32 bits per heavy atom. The molecule has 0 amide bonds. The zero-order valence-corrected chi connectivity index (χ0v) is 15.9. The Bertz CT molecular complexity index is 518. The van der Waals surface area contributed by atoms with E-state index in [1.54, 1.807) is 6.08 Å². The van der Waals surface area contributed by atoms with Gasteiger partial charge in [-0.05, 0) is 31.4 Å². The largest absolute Gasteiger partial charge is 0.489 e. The molecule has 1 aliphatic rings. The number of hydrogen-bond donors (Lipinski definition) is 1. The number of rotatable bonds is 10. The minimum absolute atomic E-state index is 0.260. The van der Waals surface area contributed by atoms with Crippen LogP contribution < -0.4 is 4.74 Å². The van der Waals surface area contributed by atoms with Crippen molar-refractivity contribution in [3.63, 3.8) is 0 Å². The van der Waals surface area contributed by atoms with Crippen LogP contribution >= 0.6 is 0 Å². The highest BCUT2D eigenvalue weighted by atomic mass is 16.5. The highest BCUT2D eigenvalue weighted by molar-refractivity contribution is 5.33. The van der Waals surface area contributed by atoms with E-state index < -0.39 is 0 Å². The summed E-state index contributed by atoms with van der Waals surface area (Å²) in [5.74, 6) is 1.67. The maximum absolute atomic E-state index is 9.46. The molecule has 1 heterocycles. The molecule has 1 atom stereocenters. The first-order chi connectivity index (χ1) is 12.1. The normalized spacial score (nSPS) is 19.3. The number of para-hydroxylation sites is 1. The van der Waals surface area contributed by atoms with E-state index in [0.29, 0.717) is 12.6 Å². The van der Waals surface area contributed by atoms with E-state index >= 15 is 0 Å². The van der Waals surface area contributed by atoms with Gasteiger partial charge in [-0.15, -0.1) is 0 Å². The fourth-order valence-corrected chi connectivity index (χ4v) is 3.41. The molecule has 1 aromatic rings. The second kappa shape index (κ2) is 10.6. The summed E-state index contributed by atoms with van der Waals surface area (Å²) in [6.45, 7) is 14.3. The Labute approximate surface area is 153 Å². The minimum atomic E-state index is 0.260. The van der Waals surface area contributed by atoms with E-state index in [0.717, 1.165) is 50.8 Å². The molecule has 0 unspecified atom stereocenters. The molecule has 1 aromatic carbocycles. The van der Waals surface area contributed by atoms with Gasteiger partial charge in [0.05, 0.1) is 0 Å². The van der Waals surface area contributed by atoms with Gasteiger partial charge in [-0.3, -0.25) is 9.80 Å². The van der Waals surface area contributed by atoms with E-state index in [4.69, 9.17) is 4.74 Å². The number of piperazine rings is 1. The van der Waals surface area contributed by atoms with Crippen LogP contribution in [-0.4, -0.2) is 60.3 Å². The predicted molar refractivity (Wildman–Crippen MR) is 104 cm³/mol. The van der Waals surface area contributed by atoms with Gasteiger partial charge in [-0.25, -0.2) is 0 Å². The van der Waals surface area contributed by atoms with Gasteiger partial charge in [0.2, 0.25) is 0 Å². The lowest BCUT2D eigenvalue weighted by atomic mass is 10.0. The molecule has 140 valence electrons. The number of aliphatic hydroxyl groups excluding tert-OH is 1. The number of nitrogens with zero attached hydrogens (tertiary/aromatic N) is 2. The lowest BCUT2D eigenvalue weighted by Gasteiger charge is -2.42. The Kier molecular flexibility index (Phi) is 8.45. The molecule has 4 heteroatoms. The van der Waals surface area contributed by atoms with Crippen LogP contribution in [0.5, 0.6) is 5.75 Å². The van der Waals surface area contributed by atoms with Crippen LogP contribution in [0.15, 0.2) is 36.9 Å². The van der Waals surface area contributed by atoms with Gasteiger partial charge in [-0.1, -0.05) is 44.7 Å². The van der Waals surface area contributed by atoms with Gasteiger partial charge >= 0.3 is 0 Å². The SMILES string of the molecule is C=CCOc1ccccc1CN1CCN(CCC(C)C)[C@H](CCO)C1. The molecule has 2 rings (SSSR count). The maximum Gasteiger partial charge on any atom is 0.124 e. The van der Waals surface area contributed by atoms with Crippen molar-refractivity contribution in [2.45, 2.75) is 39.3 Å². The molecule has 1 fully saturated rings. The van der Waals surface area contributed by atoms with Crippen LogP contribution in [0.1, 0.15) is 32.3 Å². The average molecular weight is 347 g/mol. The standard InChI is InChI=1S/C21H34N2O2/c1-4-15-25-21-8-6-5-7-19(21)16-22-12-13-23(11-9-18(2)3)20(17-22)10-14-24/h4-8,18,20,24H,1,9-17H2,2-3H3/t20-/m1/s1. The zero-order chi connectivity index (χ0) is 18.1. The molecule has 4 nitrogen and oxygen atoms in total. The Balaban J connectivity index is 1.96. The molecular formula is C21H34N2O2. The molecule has 0 aromatic heterocycles. The van der Waals surface area contributed by atoms with Crippen molar-refractivity contribution >= 4 is 0 Å². The second-order valence-electron chi connectivity index (χ2n) is 7.33.